The van der Waals surface area contributed by atoms with Crippen LogP contribution in [0, 0.1) is 16.0 Å². The second-order valence-electron chi connectivity index (χ2n) is 5.00. The zero-order valence-corrected chi connectivity index (χ0v) is 11.7. The molecule has 1 heterocycles. The number of nitrogens with zero attached hydrogens (tertiary/aromatic N) is 2. The molecule has 1 aliphatic rings. The molecule has 0 spiro atoms. The summed E-state index contributed by atoms with van der Waals surface area (Å²) in [5, 5.41) is 11.0. The SMILES string of the molecule is NC(=O)C1CCN(Cc2ccc(Cl)c([N+](=O)[O-])c2)CC1. The van der Waals surface area contributed by atoms with Gasteiger partial charge in [-0.25, -0.2) is 0 Å². The van der Waals surface area contributed by atoms with Gasteiger partial charge in [0.1, 0.15) is 5.02 Å². The summed E-state index contributed by atoms with van der Waals surface area (Å²) >= 11 is 5.78. The number of halogens is 1. The van der Waals surface area contributed by atoms with Crippen molar-refractivity contribution in [2.75, 3.05) is 13.1 Å². The lowest BCUT2D eigenvalue weighted by atomic mass is 9.96. The van der Waals surface area contributed by atoms with E-state index in [1.165, 1.54) is 6.07 Å². The highest BCUT2D eigenvalue weighted by Crippen LogP contribution is 2.26. The Morgan fingerprint density at radius 3 is 2.65 bits per heavy atom. The summed E-state index contributed by atoms with van der Waals surface area (Å²) in [6, 6.07) is 4.84. The Hall–Kier alpha value is -1.66. The number of primary amides is 1. The molecule has 1 saturated heterocycles. The van der Waals surface area contributed by atoms with E-state index in [9.17, 15) is 14.9 Å². The number of nitro groups is 1. The summed E-state index contributed by atoms with van der Waals surface area (Å²) in [5.41, 5.74) is 6.06. The van der Waals surface area contributed by atoms with Crippen molar-refractivity contribution in [3.05, 3.63) is 38.9 Å². The van der Waals surface area contributed by atoms with Crippen LogP contribution in [0.5, 0.6) is 0 Å². The van der Waals surface area contributed by atoms with Crippen LogP contribution in [0.4, 0.5) is 5.69 Å². The van der Waals surface area contributed by atoms with Crippen molar-refractivity contribution in [3.63, 3.8) is 0 Å². The Kier molecular flexibility index (Phi) is 4.57. The van der Waals surface area contributed by atoms with Crippen LogP contribution in [0.1, 0.15) is 18.4 Å². The molecule has 1 amide bonds. The van der Waals surface area contributed by atoms with E-state index in [0.29, 0.717) is 6.54 Å². The maximum absolute atomic E-state index is 11.1. The topological polar surface area (TPSA) is 89.5 Å². The molecule has 108 valence electrons. The normalized spacial score (nSPS) is 17.1. The molecule has 20 heavy (non-hydrogen) atoms. The molecule has 1 aliphatic heterocycles. The molecule has 0 aliphatic carbocycles. The first-order valence-corrected chi connectivity index (χ1v) is 6.79. The maximum Gasteiger partial charge on any atom is 0.288 e. The van der Waals surface area contributed by atoms with Gasteiger partial charge in [0.2, 0.25) is 5.91 Å². The lowest BCUT2D eigenvalue weighted by molar-refractivity contribution is -0.384. The maximum atomic E-state index is 11.1. The Morgan fingerprint density at radius 2 is 2.10 bits per heavy atom. The Morgan fingerprint density at radius 1 is 1.45 bits per heavy atom. The molecule has 2 N–H and O–H groups in total. The Balaban J connectivity index is 1.99. The molecule has 0 bridgehead atoms. The summed E-state index contributed by atoms with van der Waals surface area (Å²) in [5.74, 6) is -0.294. The fourth-order valence-electron chi connectivity index (χ4n) is 2.43. The van der Waals surface area contributed by atoms with Gasteiger partial charge in [-0.1, -0.05) is 17.7 Å². The second kappa shape index (κ2) is 6.19. The third-order valence-electron chi connectivity index (χ3n) is 3.60. The van der Waals surface area contributed by atoms with Gasteiger partial charge in [-0.3, -0.25) is 19.8 Å². The molecule has 7 heteroatoms. The van der Waals surface area contributed by atoms with E-state index < -0.39 is 4.92 Å². The van der Waals surface area contributed by atoms with Gasteiger partial charge in [0.05, 0.1) is 4.92 Å². The van der Waals surface area contributed by atoms with E-state index in [1.54, 1.807) is 12.1 Å². The lowest BCUT2D eigenvalue weighted by Gasteiger charge is -2.30. The monoisotopic (exact) mass is 297 g/mol. The lowest BCUT2D eigenvalue weighted by Crippen LogP contribution is -2.38. The zero-order valence-electron chi connectivity index (χ0n) is 10.9. The molecule has 6 nitrogen and oxygen atoms in total. The average molecular weight is 298 g/mol. The number of carbonyl (C=O) groups excluding carboxylic acids is 1. The van der Waals surface area contributed by atoms with E-state index >= 15 is 0 Å². The minimum Gasteiger partial charge on any atom is -0.369 e. The predicted octanol–water partition coefficient (Wildman–Crippen LogP) is 1.95. The van der Waals surface area contributed by atoms with Crippen LogP contribution in [-0.2, 0) is 11.3 Å². The quantitative estimate of drug-likeness (QED) is 0.679. The first-order chi connectivity index (χ1) is 9.47. The first kappa shape index (κ1) is 14.7. The fraction of sp³-hybridized carbons (Fsp3) is 0.462. The van der Waals surface area contributed by atoms with E-state index in [2.05, 4.69) is 4.90 Å². The number of benzene rings is 1. The Labute approximate surface area is 121 Å². The van der Waals surface area contributed by atoms with Gasteiger partial charge in [-0.05, 0) is 37.6 Å². The van der Waals surface area contributed by atoms with Crippen LogP contribution in [0.25, 0.3) is 0 Å². The summed E-state index contributed by atoms with van der Waals surface area (Å²) in [6.07, 6.45) is 1.48. The number of rotatable bonds is 4. The molecule has 1 aromatic carbocycles. The van der Waals surface area contributed by atoms with Gasteiger partial charge in [-0.15, -0.1) is 0 Å². The number of nitrogens with two attached hydrogens (primary N) is 1. The van der Waals surface area contributed by atoms with Crippen molar-refractivity contribution >= 4 is 23.2 Å². The standard InChI is InChI=1S/C13H16ClN3O3/c14-11-2-1-9(7-12(11)17(19)20)8-16-5-3-10(4-6-16)13(15)18/h1-2,7,10H,3-6,8H2,(H2,15,18). The third-order valence-corrected chi connectivity index (χ3v) is 3.92. The minimum absolute atomic E-state index is 0.0502. The van der Waals surface area contributed by atoms with Crippen LogP contribution in [0.15, 0.2) is 18.2 Å². The summed E-state index contributed by atoms with van der Waals surface area (Å²) in [6.45, 7) is 2.15. The molecule has 0 saturated carbocycles. The summed E-state index contributed by atoms with van der Waals surface area (Å²) < 4.78 is 0. The number of nitro benzene ring substituents is 1. The zero-order chi connectivity index (χ0) is 14.7. The van der Waals surface area contributed by atoms with Crippen molar-refractivity contribution in [3.8, 4) is 0 Å². The minimum atomic E-state index is -0.481. The molecule has 1 aromatic rings. The smallest absolute Gasteiger partial charge is 0.288 e. The van der Waals surface area contributed by atoms with Crippen LogP contribution >= 0.6 is 11.6 Å². The van der Waals surface area contributed by atoms with Crippen molar-refractivity contribution in [1.82, 2.24) is 4.90 Å². The van der Waals surface area contributed by atoms with E-state index in [4.69, 9.17) is 17.3 Å². The van der Waals surface area contributed by atoms with Crippen molar-refractivity contribution in [2.24, 2.45) is 11.7 Å². The van der Waals surface area contributed by atoms with Gasteiger partial charge in [0.25, 0.3) is 5.69 Å². The number of hydrogen-bond acceptors (Lipinski definition) is 4. The molecule has 1 fully saturated rings. The summed E-state index contributed by atoms with van der Waals surface area (Å²) in [7, 11) is 0. The number of likely N-dealkylation sites (tertiary alicyclic amines) is 1. The highest BCUT2D eigenvalue weighted by Gasteiger charge is 2.23. The second-order valence-corrected chi connectivity index (χ2v) is 5.40. The van der Waals surface area contributed by atoms with Crippen molar-refractivity contribution in [2.45, 2.75) is 19.4 Å². The molecule has 0 unspecified atom stereocenters. The van der Waals surface area contributed by atoms with Crippen molar-refractivity contribution < 1.29 is 9.72 Å². The molecular formula is C13H16ClN3O3. The van der Waals surface area contributed by atoms with E-state index in [0.717, 1.165) is 31.5 Å². The van der Waals surface area contributed by atoms with Crippen molar-refractivity contribution in [1.29, 1.82) is 0 Å². The first-order valence-electron chi connectivity index (χ1n) is 6.42. The van der Waals surface area contributed by atoms with E-state index in [1.807, 2.05) is 0 Å². The number of carbonyl (C=O) groups is 1. The highest BCUT2D eigenvalue weighted by molar-refractivity contribution is 6.32. The number of piperidine rings is 1. The predicted molar refractivity (Wildman–Crippen MR) is 75.3 cm³/mol. The van der Waals surface area contributed by atoms with Crippen LogP contribution in [0.3, 0.4) is 0 Å². The van der Waals surface area contributed by atoms with Crippen LogP contribution < -0.4 is 5.73 Å². The van der Waals surface area contributed by atoms with Gasteiger partial charge < -0.3 is 5.73 Å². The van der Waals surface area contributed by atoms with E-state index in [-0.39, 0.29) is 22.5 Å². The van der Waals surface area contributed by atoms with Crippen LogP contribution in [-0.4, -0.2) is 28.8 Å². The third kappa shape index (κ3) is 3.46. The number of hydrogen-bond donors (Lipinski definition) is 1. The van der Waals surface area contributed by atoms with Gasteiger partial charge >= 0.3 is 0 Å². The van der Waals surface area contributed by atoms with Gasteiger partial charge in [0.15, 0.2) is 0 Å². The highest BCUT2D eigenvalue weighted by atomic mass is 35.5. The molecule has 0 aromatic heterocycles. The molecule has 0 radical (unpaired) electrons. The van der Waals surface area contributed by atoms with Gasteiger partial charge in [0, 0.05) is 18.5 Å². The number of amides is 1. The molecular weight excluding hydrogens is 282 g/mol. The molecule has 0 atom stereocenters. The molecule has 2 rings (SSSR count). The summed E-state index contributed by atoms with van der Waals surface area (Å²) in [4.78, 5) is 23.6. The Bertz CT molecular complexity index is 528. The largest absolute Gasteiger partial charge is 0.369 e. The fourth-order valence-corrected chi connectivity index (χ4v) is 2.62. The van der Waals surface area contributed by atoms with Crippen LogP contribution in [0.2, 0.25) is 5.02 Å². The van der Waals surface area contributed by atoms with Gasteiger partial charge in [-0.2, -0.15) is 0 Å². The average Bonchev–Trinajstić information content (AvgIpc) is 2.41.